The fourth-order valence-corrected chi connectivity index (χ4v) is 6.98. The van der Waals surface area contributed by atoms with E-state index in [4.69, 9.17) is 11.6 Å². The van der Waals surface area contributed by atoms with Crippen LogP contribution in [-0.4, -0.2) is 24.3 Å². The van der Waals surface area contributed by atoms with Crippen molar-refractivity contribution in [3.8, 4) is 5.75 Å². The fourth-order valence-electron chi connectivity index (χ4n) is 4.69. The van der Waals surface area contributed by atoms with E-state index in [1.54, 1.807) is 0 Å². The van der Waals surface area contributed by atoms with Crippen molar-refractivity contribution < 1.29 is 27.1 Å². The molecule has 1 aromatic heterocycles. The minimum Gasteiger partial charge on any atom is -0.506 e. The predicted octanol–water partition coefficient (Wildman–Crippen LogP) is 5.85. The number of carbonyl (C=O) groups is 1. The molecule has 2 aromatic carbocycles. The highest BCUT2D eigenvalue weighted by Crippen LogP contribution is 2.50. The van der Waals surface area contributed by atoms with Gasteiger partial charge in [-0.25, -0.2) is 22.2 Å². The predicted molar refractivity (Wildman–Crippen MR) is 123 cm³/mol. The number of ketones is 1. The van der Waals surface area contributed by atoms with Crippen LogP contribution in [0.15, 0.2) is 65.7 Å². The van der Waals surface area contributed by atoms with E-state index in [1.165, 1.54) is 42.6 Å². The standard InChI is InChI=1S/C25H22ClF2NO4S/c26-17-3-6-19(7-4-17)34(32,33)25(20-15-18(27)5-8-21(20)28)11-9-16(10-12-25)14-23(31)24-22(30)2-1-13-29-24/h1-8,13,15-16,30H,9-12,14H2. The Balaban J connectivity index is 1.68. The molecule has 1 fully saturated rings. The molecule has 0 amide bonds. The molecule has 0 radical (unpaired) electrons. The van der Waals surface area contributed by atoms with Crippen LogP contribution in [0.25, 0.3) is 0 Å². The first-order valence-electron chi connectivity index (χ1n) is 10.8. The van der Waals surface area contributed by atoms with Crippen LogP contribution >= 0.6 is 11.6 Å². The first-order valence-corrected chi connectivity index (χ1v) is 12.6. The van der Waals surface area contributed by atoms with Gasteiger partial charge in [0.1, 0.15) is 27.8 Å². The second kappa shape index (κ2) is 9.43. The summed E-state index contributed by atoms with van der Waals surface area (Å²) < 4.78 is 55.1. The van der Waals surface area contributed by atoms with Crippen molar-refractivity contribution in [2.75, 3.05) is 0 Å². The molecule has 1 N–H and O–H groups in total. The molecular weight excluding hydrogens is 484 g/mol. The van der Waals surface area contributed by atoms with Crippen LogP contribution in [0, 0.1) is 17.6 Å². The van der Waals surface area contributed by atoms with E-state index in [1.807, 2.05) is 0 Å². The third-order valence-corrected chi connectivity index (χ3v) is 9.30. The Morgan fingerprint density at radius 3 is 2.41 bits per heavy atom. The Morgan fingerprint density at radius 2 is 1.76 bits per heavy atom. The van der Waals surface area contributed by atoms with Gasteiger partial charge in [-0.2, -0.15) is 0 Å². The van der Waals surface area contributed by atoms with Gasteiger partial charge >= 0.3 is 0 Å². The van der Waals surface area contributed by atoms with Gasteiger partial charge in [-0.3, -0.25) is 4.79 Å². The number of sulfone groups is 1. The second-order valence-corrected chi connectivity index (χ2v) is 11.2. The average molecular weight is 506 g/mol. The molecular formula is C25H22ClF2NO4S. The largest absolute Gasteiger partial charge is 0.506 e. The summed E-state index contributed by atoms with van der Waals surface area (Å²) in [5, 5.41) is 10.3. The van der Waals surface area contributed by atoms with Crippen molar-refractivity contribution in [1.29, 1.82) is 0 Å². The van der Waals surface area contributed by atoms with Crippen LogP contribution in [-0.2, 0) is 14.6 Å². The lowest BCUT2D eigenvalue weighted by Crippen LogP contribution is -2.41. The molecule has 4 rings (SSSR count). The van der Waals surface area contributed by atoms with E-state index in [0.717, 1.165) is 18.2 Å². The van der Waals surface area contributed by atoms with Gasteiger partial charge in [-0.15, -0.1) is 0 Å². The molecule has 1 aliphatic carbocycles. The van der Waals surface area contributed by atoms with Gasteiger partial charge in [-0.1, -0.05) is 11.6 Å². The Labute approximate surface area is 201 Å². The molecule has 0 atom stereocenters. The maximum Gasteiger partial charge on any atom is 0.188 e. The fraction of sp³-hybridized carbons (Fsp3) is 0.280. The van der Waals surface area contributed by atoms with Gasteiger partial charge < -0.3 is 5.11 Å². The minimum atomic E-state index is -4.15. The molecule has 1 heterocycles. The summed E-state index contributed by atoms with van der Waals surface area (Å²) in [7, 11) is -4.15. The van der Waals surface area contributed by atoms with Gasteiger partial charge in [-0.05, 0) is 86.2 Å². The van der Waals surface area contributed by atoms with Gasteiger partial charge in [0, 0.05) is 23.2 Å². The highest BCUT2D eigenvalue weighted by molar-refractivity contribution is 7.92. The van der Waals surface area contributed by atoms with Crippen molar-refractivity contribution in [3.05, 3.63) is 88.7 Å². The highest BCUT2D eigenvalue weighted by Gasteiger charge is 2.50. The molecule has 0 saturated heterocycles. The van der Waals surface area contributed by atoms with E-state index in [-0.39, 0.29) is 52.9 Å². The number of halogens is 3. The Morgan fingerprint density at radius 1 is 1.09 bits per heavy atom. The van der Waals surface area contributed by atoms with Gasteiger partial charge in [0.25, 0.3) is 0 Å². The number of benzene rings is 2. The monoisotopic (exact) mass is 505 g/mol. The van der Waals surface area contributed by atoms with Crippen LogP contribution in [0.1, 0.15) is 48.2 Å². The van der Waals surface area contributed by atoms with Crippen molar-refractivity contribution in [3.63, 3.8) is 0 Å². The maximum absolute atomic E-state index is 14.9. The van der Waals surface area contributed by atoms with E-state index in [9.17, 15) is 27.1 Å². The average Bonchev–Trinajstić information content (AvgIpc) is 2.81. The second-order valence-electron chi connectivity index (χ2n) is 8.52. The van der Waals surface area contributed by atoms with Crippen LogP contribution in [0.5, 0.6) is 5.75 Å². The van der Waals surface area contributed by atoms with Crippen molar-refractivity contribution in [2.24, 2.45) is 5.92 Å². The van der Waals surface area contributed by atoms with Crippen molar-refractivity contribution >= 4 is 27.2 Å². The molecule has 0 aliphatic heterocycles. The summed E-state index contributed by atoms with van der Waals surface area (Å²) in [5.41, 5.74) is -0.251. The molecule has 3 aromatic rings. The summed E-state index contributed by atoms with van der Waals surface area (Å²) in [6, 6.07) is 11.3. The first kappa shape index (κ1) is 24.3. The zero-order chi connectivity index (χ0) is 24.5. The number of carbonyl (C=O) groups excluding carboxylic acids is 1. The van der Waals surface area contributed by atoms with Crippen LogP contribution in [0.3, 0.4) is 0 Å². The van der Waals surface area contributed by atoms with E-state index in [0.29, 0.717) is 17.9 Å². The van der Waals surface area contributed by atoms with Crippen molar-refractivity contribution in [2.45, 2.75) is 41.7 Å². The highest BCUT2D eigenvalue weighted by atomic mass is 35.5. The Hall–Kier alpha value is -2.84. The SMILES string of the molecule is O=C(CC1CCC(c2cc(F)ccc2F)(S(=O)(=O)c2ccc(Cl)cc2)CC1)c1ncccc1O. The van der Waals surface area contributed by atoms with Gasteiger partial charge in [0.15, 0.2) is 15.6 Å². The summed E-state index contributed by atoms with van der Waals surface area (Å²) in [4.78, 5) is 16.5. The molecule has 0 spiro atoms. The van der Waals surface area contributed by atoms with Gasteiger partial charge in [0.05, 0.1) is 4.90 Å². The number of aromatic nitrogens is 1. The smallest absolute Gasteiger partial charge is 0.188 e. The number of hydrogen-bond acceptors (Lipinski definition) is 5. The lowest BCUT2D eigenvalue weighted by molar-refractivity contribution is 0.0937. The lowest BCUT2D eigenvalue weighted by atomic mass is 9.76. The number of pyridine rings is 1. The van der Waals surface area contributed by atoms with Gasteiger partial charge in [0.2, 0.25) is 0 Å². The number of aromatic hydroxyl groups is 1. The van der Waals surface area contributed by atoms with Crippen LogP contribution in [0.2, 0.25) is 5.02 Å². The molecule has 9 heteroatoms. The topological polar surface area (TPSA) is 84.3 Å². The third-order valence-electron chi connectivity index (χ3n) is 6.50. The number of hydrogen-bond donors (Lipinski definition) is 1. The van der Waals surface area contributed by atoms with Crippen molar-refractivity contribution in [1.82, 2.24) is 4.98 Å². The van der Waals surface area contributed by atoms with E-state index < -0.39 is 26.2 Å². The maximum atomic E-state index is 14.9. The minimum absolute atomic E-state index is 0.00444. The Bertz CT molecular complexity index is 1320. The summed E-state index contributed by atoms with van der Waals surface area (Å²) in [5.74, 6) is -2.30. The number of nitrogens with zero attached hydrogens (tertiary/aromatic N) is 1. The third kappa shape index (κ3) is 4.44. The molecule has 34 heavy (non-hydrogen) atoms. The zero-order valence-corrected chi connectivity index (χ0v) is 19.6. The van der Waals surface area contributed by atoms with E-state index >= 15 is 0 Å². The summed E-state index contributed by atoms with van der Waals surface area (Å²) >= 11 is 5.92. The zero-order valence-electron chi connectivity index (χ0n) is 18.0. The first-order chi connectivity index (χ1) is 16.1. The molecule has 1 saturated carbocycles. The Kier molecular flexibility index (Phi) is 6.73. The molecule has 0 bridgehead atoms. The van der Waals surface area contributed by atoms with Crippen LogP contribution < -0.4 is 0 Å². The van der Waals surface area contributed by atoms with E-state index in [2.05, 4.69) is 4.98 Å². The quantitative estimate of drug-likeness (QED) is 0.425. The number of rotatable bonds is 6. The van der Waals surface area contributed by atoms with Crippen LogP contribution in [0.4, 0.5) is 8.78 Å². The lowest BCUT2D eigenvalue weighted by Gasteiger charge is -2.40. The molecule has 0 unspecified atom stereocenters. The summed E-state index contributed by atoms with van der Waals surface area (Å²) in [6.07, 6.45) is 2.07. The number of Topliss-reactive ketones (excluding diaryl/α,β-unsaturated/α-hetero) is 1. The molecule has 5 nitrogen and oxygen atoms in total. The molecule has 178 valence electrons. The molecule has 1 aliphatic rings. The normalized spacial score (nSPS) is 20.7. The summed E-state index contributed by atoms with van der Waals surface area (Å²) in [6.45, 7) is 0.